The second kappa shape index (κ2) is 7.45. The first-order valence-corrected chi connectivity index (χ1v) is 10.1. The Bertz CT molecular complexity index is 615. The summed E-state index contributed by atoms with van der Waals surface area (Å²) in [5.41, 5.74) is 0. The van der Waals surface area contributed by atoms with Gasteiger partial charge in [-0.25, -0.2) is 8.42 Å². The monoisotopic (exact) mass is 347 g/mol. The topological polar surface area (TPSA) is 102 Å². The average molecular weight is 347 g/mol. The van der Waals surface area contributed by atoms with Crippen LogP contribution in [0.3, 0.4) is 0 Å². The molecular formula is C13H21N3O4S2. The van der Waals surface area contributed by atoms with Crippen molar-refractivity contribution in [2.45, 2.75) is 43.6 Å². The maximum absolute atomic E-state index is 11.8. The van der Waals surface area contributed by atoms with Crippen molar-refractivity contribution < 1.29 is 17.6 Å². The molecule has 2 heterocycles. The van der Waals surface area contributed by atoms with Crippen LogP contribution < -0.4 is 5.32 Å². The molecule has 2 atom stereocenters. The first-order chi connectivity index (χ1) is 10.4. The molecule has 1 aromatic rings. The van der Waals surface area contributed by atoms with E-state index in [-0.39, 0.29) is 28.6 Å². The third-order valence-corrected chi connectivity index (χ3v) is 6.21. The van der Waals surface area contributed by atoms with Crippen LogP contribution in [-0.4, -0.2) is 47.8 Å². The van der Waals surface area contributed by atoms with Crippen LogP contribution in [0, 0.1) is 5.92 Å². The number of carbonyl (C=O) groups is 1. The summed E-state index contributed by atoms with van der Waals surface area (Å²) in [6.45, 7) is 4.42. The SMILES string of the molecule is CCCNC(=O)[C@@H](C)Sc1nnc(C[C@H]2CCS(=O)(=O)C2)o1. The van der Waals surface area contributed by atoms with Crippen LogP contribution in [-0.2, 0) is 21.1 Å². The Morgan fingerprint density at radius 3 is 2.91 bits per heavy atom. The summed E-state index contributed by atoms with van der Waals surface area (Å²) in [5, 5.41) is 10.7. The molecule has 0 bridgehead atoms. The standard InChI is InChI=1S/C13H21N3O4S2/c1-3-5-14-12(17)9(2)21-13-16-15-11(20-13)7-10-4-6-22(18,19)8-10/h9-10H,3-8H2,1-2H3,(H,14,17)/t9-,10-/m1/s1. The Labute approximate surface area is 134 Å². The Morgan fingerprint density at radius 1 is 1.50 bits per heavy atom. The van der Waals surface area contributed by atoms with E-state index in [1.165, 1.54) is 11.8 Å². The molecule has 0 saturated carbocycles. The minimum Gasteiger partial charge on any atom is -0.416 e. The van der Waals surface area contributed by atoms with E-state index in [4.69, 9.17) is 4.42 Å². The molecular weight excluding hydrogens is 326 g/mol. The lowest BCUT2D eigenvalue weighted by molar-refractivity contribution is -0.120. The number of carbonyl (C=O) groups excluding carboxylic acids is 1. The number of rotatable bonds is 7. The first-order valence-electron chi connectivity index (χ1n) is 7.37. The van der Waals surface area contributed by atoms with Crippen LogP contribution in [0.25, 0.3) is 0 Å². The number of hydrogen-bond acceptors (Lipinski definition) is 7. The Balaban J connectivity index is 1.85. The second-order valence-electron chi connectivity index (χ2n) is 5.49. The number of thioether (sulfide) groups is 1. The van der Waals surface area contributed by atoms with Crippen molar-refractivity contribution in [1.82, 2.24) is 15.5 Å². The normalized spacial score (nSPS) is 21.6. The summed E-state index contributed by atoms with van der Waals surface area (Å²) in [6, 6.07) is 0. The molecule has 0 aromatic carbocycles. The van der Waals surface area contributed by atoms with Gasteiger partial charge in [0, 0.05) is 13.0 Å². The van der Waals surface area contributed by atoms with Gasteiger partial charge in [0.25, 0.3) is 5.22 Å². The number of aromatic nitrogens is 2. The molecule has 1 fully saturated rings. The van der Waals surface area contributed by atoms with Crippen LogP contribution in [0.1, 0.15) is 32.6 Å². The van der Waals surface area contributed by atoms with Crippen molar-refractivity contribution in [3.63, 3.8) is 0 Å². The van der Waals surface area contributed by atoms with Crippen LogP contribution in [0.4, 0.5) is 0 Å². The fraction of sp³-hybridized carbons (Fsp3) is 0.769. The third kappa shape index (κ3) is 4.98. The van der Waals surface area contributed by atoms with E-state index in [1.54, 1.807) is 6.92 Å². The maximum Gasteiger partial charge on any atom is 0.277 e. The molecule has 2 rings (SSSR count). The molecule has 0 radical (unpaired) electrons. The number of sulfone groups is 1. The molecule has 1 aliphatic heterocycles. The van der Waals surface area contributed by atoms with Crippen molar-refractivity contribution in [3.8, 4) is 0 Å². The summed E-state index contributed by atoms with van der Waals surface area (Å²) in [6.07, 6.45) is 2.00. The third-order valence-electron chi connectivity index (χ3n) is 3.43. The Kier molecular flexibility index (Phi) is 5.85. The van der Waals surface area contributed by atoms with Gasteiger partial charge in [-0.15, -0.1) is 10.2 Å². The van der Waals surface area contributed by atoms with Crippen LogP contribution in [0.15, 0.2) is 9.64 Å². The summed E-state index contributed by atoms with van der Waals surface area (Å²) in [4.78, 5) is 11.8. The van der Waals surface area contributed by atoms with Gasteiger partial charge in [0.2, 0.25) is 11.8 Å². The highest BCUT2D eigenvalue weighted by Crippen LogP contribution is 2.25. The second-order valence-corrected chi connectivity index (χ2v) is 9.01. The van der Waals surface area contributed by atoms with Crippen molar-refractivity contribution in [3.05, 3.63) is 5.89 Å². The van der Waals surface area contributed by atoms with E-state index in [1.807, 2.05) is 6.92 Å². The highest BCUT2D eigenvalue weighted by molar-refractivity contribution is 8.00. The van der Waals surface area contributed by atoms with Crippen molar-refractivity contribution >= 4 is 27.5 Å². The molecule has 0 aliphatic carbocycles. The van der Waals surface area contributed by atoms with E-state index in [2.05, 4.69) is 15.5 Å². The zero-order valence-electron chi connectivity index (χ0n) is 12.7. The lowest BCUT2D eigenvalue weighted by atomic mass is 10.1. The van der Waals surface area contributed by atoms with E-state index < -0.39 is 9.84 Å². The van der Waals surface area contributed by atoms with Gasteiger partial charge in [0.1, 0.15) is 0 Å². The van der Waals surface area contributed by atoms with Crippen LogP contribution >= 0.6 is 11.8 Å². The zero-order chi connectivity index (χ0) is 16.2. The molecule has 7 nitrogen and oxygen atoms in total. The lowest BCUT2D eigenvalue weighted by Gasteiger charge is -2.08. The molecule has 1 N–H and O–H groups in total. The predicted molar refractivity (Wildman–Crippen MR) is 83.4 cm³/mol. The summed E-state index contributed by atoms with van der Waals surface area (Å²) in [7, 11) is -2.90. The van der Waals surface area contributed by atoms with E-state index in [0.29, 0.717) is 30.5 Å². The van der Waals surface area contributed by atoms with E-state index >= 15 is 0 Å². The molecule has 22 heavy (non-hydrogen) atoms. The fourth-order valence-corrected chi connectivity index (χ4v) is 4.83. The molecule has 0 unspecified atom stereocenters. The molecule has 1 aliphatic rings. The number of nitrogens with zero attached hydrogens (tertiary/aromatic N) is 2. The van der Waals surface area contributed by atoms with Crippen LogP contribution in [0.5, 0.6) is 0 Å². The summed E-state index contributed by atoms with van der Waals surface area (Å²) >= 11 is 1.21. The molecule has 1 amide bonds. The van der Waals surface area contributed by atoms with E-state index in [9.17, 15) is 13.2 Å². The molecule has 9 heteroatoms. The summed E-state index contributed by atoms with van der Waals surface area (Å²) < 4.78 is 28.4. The van der Waals surface area contributed by atoms with Gasteiger partial charge in [-0.1, -0.05) is 18.7 Å². The van der Waals surface area contributed by atoms with Crippen molar-refractivity contribution in [1.29, 1.82) is 0 Å². The number of hydrogen-bond donors (Lipinski definition) is 1. The number of amides is 1. The molecule has 124 valence electrons. The van der Waals surface area contributed by atoms with Gasteiger partial charge in [0.15, 0.2) is 9.84 Å². The molecule has 0 spiro atoms. The maximum atomic E-state index is 11.8. The number of nitrogens with one attached hydrogen (secondary N) is 1. The first kappa shape index (κ1) is 17.3. The average Bonchev–Trinajstić information content (AvgIpc) is 3.02. The molecule has 1 aromatic heterocycles. The van der Waals surface area contributed by atoms with E-state index in [0.717, 1.165) is 6.42 Å². The van der Waals surface area contributed by atoms with Gasteiger partial charge in [0.05, 0.1) is 16.8 Å². The van der Waals surface area contributed by atoms with Crippen LogP contribution in [0.2, 0.25) is 0 Å². The lowest BCUT2D eigenvalue weighted by Crippen LogP contribution is -2.31. The van der Waals surface area contributed by atoms with Crippen molar-refractivity contribution in [2.75, 3.05) is 18.1 Å². The fourth-order valence-electron chi connectivity index (χ4n) is 2.24. The highest BCUT2D eigenvalue weighted by atomic mass is 32.2. The largest absolute Gasteiger partial charge is 0.416 e. The van der Waals surface area contributed by atoms with Gasteiger partial charge in [-0.3, -0.25) is 4.79 Å². The van der Waals surface area contributed by atoms with Gasteiger partial charge < -0.3 is 9.73 Å². The minimum absolute atomic E-state index is 0.0496. The zero-order valence-corrected chi connectivity index (χ0v) is 14.4. The van der Waals surface area contributed by atoms with Gasteiger partial charge in [-0.2, -0.15) is 0 Å². The quantitative estimate of drug-likeness (QED) is 0.736. The minimum atomic E-state index is -2.90. The Hall–Kier alpha value is -1.09. The molecule has 1 saturated heterocycles. The van der Waals surface area contributed by atoms with Gasteiger partial charge >= 0.3 is 0 Å². The van der Waals surface area contributed by atoms with Crippen molar-refractivity contribution in [2.24, 2.45) is 5.92 Å². The Morgan fingerprint density at radius 2 is 2.27 bits per heavy atom. The predicted octanol–water partition coefficient (Wildman–Crippen LogP) is 1.05. The summed E-state index contributed by atoms with van der Waals surface area (Å²) in [5.74, 6) is 0.850. The smallest absolute Gasteiger partial charge is 0.277 e. The van der Waals surface area contributed by atoms with Gasteiger partial charge in [-0.05, 0) is 25.7 Å². The highest BCUT2D eigenvalue weighted by Gasteiger charge is 2.29.